The molecule has 6 nitrogen and oxygen atoms in total. The lowest BCUT2D eigenvalue weighted by Gasteiger charge is -2.13. The first-order valence-corrected chi connectivity index (χ1v) is 8.77. The highest BCUT2D eigenvalue weighted by atomic mass is 79.9. The molecule has 0 bridgehead atoms. The van der Waals surface area contributed by atoms with E-state index in [2.05, 4.69) is 31.8 Å². The third-order valence-corrected chi connectivity index (χ3v) is 4.45. The van der Waals surface area contributed by atoms with Crippen LogP contribution in [0.25, 0.3) is 0 Å². The zero-order valence-electron chi connectivity index (χ0n) is 14.7. The molecule has 0 aliphatic rings. The van der Waals surface area contributed by atoms with Gasteiger partial charge >= 0.3 is 0 Å². The second-order valence-electron chi connectivity index (χ2n) is 5.91. The summed E-state index contributed by atoms with van der Waals surface area (Å²) < 4.78 is 0.654. The standard InChI is InChI=1S/C19H20BrN3O3/c1-11-8-14(9-12(2)17(11)24)10-21-23-18(25)13(3)22-19(26)15-6-4-5-7-16(15)20/h4-10,13,24H,1-3H3,(H,22,26)(H,23,25)/b21-10+. The number of carbonyl (C=O) groups is 2. The predicted molar refractivity (Wildman–Crippen MR) is 104 cm³/mol. The Kier molecular flexibility index (Phi) is 6.52. The molecule has 0 saturated heterocycles. The van der Waals surface area contributed by atoms with Crippen LogP contribution in [0.3, 0.4) is 0 Å². The third-order valence-electron chi connectivity index (χ3n) is 3.76. The number of halogens is 1. The minimum absolute atomic E-state index is 0.245. The molecule has 3 N–H and O–H groups in total. The summed E-state index contributed by atoms with van der Waals surface area (Å²) in [4.78, 5) is 24.3. The number of aryl methyl sites for hydroxylation is 2. The lowest BCUT2D eigenvalue weighted by molar-refractivity contribution is -0.122. The van der Waals surface area contributed by atoms with Crippen LogP contribution in [0.4, 0.5) is 0 Å². The zero-order valence-corrected chi connectivity index (χ0v) is 16.3. The molecule has 2 rings (SSSR count). The third kappa shape index (κ3) is 4.92. The van der Waals surface area contributed by atoms with Crippen LogP contribution in [0.2, 0.25) is 0 Å². The number of benzene rings is 2. The largest absolute Gasteiger partial charge is 0.507 e. The van der Waals surface area contributed by atoms with Gasteiger partial charge in [0.2, 0.25) is 0 Å². The Morgan fingerprint density at radius 3 is 2.42 bits per heavy atom. The second-order valence-corrected chi connectivity index (χ2v) is 6.77. The highest BCUT2D eigenvalue weighted by Crippen LogP contribution is 2.22. The molecule has 1 unspecified atom stereocenters. The number of aromatic hydroxyl groups is 1. The van der Waals surface area contributed by atoms with Crippen LogP contribution in [-0.4, -0.2) is 29.2 Å². The molecule has 0 radical (unpaired) electrons. The van der Waals surface area contributed by atoms with Gasteiger partial charge in [0, 0.05) is 4.47 Å². The van der Waals surface area contributed by atoms with Gasteiger partial charge in [-0.1, -0.05) is 12.1 Å². The molecule has 0 spiro atoms. The maximum Gasteiger partial charge on any atom is 0.262 e. The molecule has 1 atom stereocenters. The molecule has 0 aliphatic carbocycles. The SMILES string of the molecule is Cc1cc(/C=N/NC(=O)C(C)NC(=O)c2ccccc2Br)cc(C)c1O. The van der Waals surface area contributed by atoms with Crippen LogP contribution >= 0.6 is 15.9 Å². The van der Waals surface area contributed by atoms with E-state index < -0.39 is 11.9 Å². The monoisotopic (exact) mass is 417 g/mol. The Labute approximate surface area is 160 Å². The number of hydrogen-bond acceptors (Lipinski definition) is 4. The second kappa shape index (κ2) is 8.62. The molecule has 0 saturated carbocycles. The molecule has 0 fully saturated rings. The number of hydrazone groups is 1. The van der Waals surface area contributed by atoms with E-state index in [1.807, 2.05) is 0 Å². The highest BCUT2D eigenvalue weighted by Gasteiger charge is 2.17. The fraction of sp³-hybridized carbons (Fsp3) is 0.211. The summed E-state index contributed by atoms with van der Waals surface area (Å²) in [6.07, 6.45) is 1.49. The van der Waals surface area contributed by atoms with Crippen molar-refractivity contribution in [3.8, 4) is 5.75 Å². The minimum atomic E-state index is -0.755. The van der Waals surface area contributed by atoms with Crippen molar-refractivity contribution in [3.05, 3.63) is 63.1 Å². The summed E-state index contributed by atoms with van der Waals surface area (Å²) >= 11 is 3.31. The van der Waals surface area contributed by atoms with Crippen molar-refractivity contribution in [2.45, 2.75) is 26.8 Å². The highest BCUT2D eigenvalue weighted by molar-refractivity contribution is 9.10. The molecule has 0 aliphatic heterocycles. The Morgan fingerprint density at radius 1 is 1.19 bits per heavy atom. The number of nitrogens with zero attached hydrogens (tertiary/aromatic N) is 1. The van der Waals surface area contributed by atoms with Crippen LogP contribution < -0.4 is 10.7 Å². The Hall–Kier alpha value is -2.67. The first kappa shape index (κ1) is 19.7. The van der Waals surface area contributed by atoms with Crippen molar-refractivity contribution >= 4 is 34.0 Å². The van der Waals surface area contributed by atoms with Crippen LogP contribution in [-0.2, 0) is 4.79 Å². The minimum Gasteiger partial charge on any atom is -0.507 e. The molecular formula is C19H20BrN3O3. The van der Waals surface area contributed by atoms with Crippen molar-refractivity contribution in [2.24, 2.45) is 5.10 Å². The molecule has 136 valence electrons. The van der Waals surface area contributed by atoms with Crippen LogP contribution in [0.1, 0.15) is 34.0 Å². The van der Waals surface area contributed by atoms with Gasteiger partial charge in [0.05, 0.1) is 11.8 Å². The quantitative estimate of drug-likeness (QED) is 0.515. The van der Waals surface area contributed by atoms with Gasteiger partial charge in [-0.05, 0) is 77.7 Å². The van der Waals surface area contributed by atoms with Gasteiger partial charge in [0.1, 0.15) is 11.8 Å². The molecule has 2 aromatic rings. The molecule has 2 aromatic carbocycles. The molecule has 0 aromatic heterocycles. The normalized spacial score (nSPS) is 12.0. The van der Waals surface area contributed by atoms with E-state index in [9.17, 15) is 14.7 Å². The molecule has 0 heterocycles. The summed E-state index contributed by atoms with van der Waals surface area (Å²) in [5.74, 6) is -0.544. The Balaban J connectivity index is 1.95. The Morgan fingerprint density at radius 2 is 1.81 bits per heavy atom. The van der Waals surface area contributed by atoms with E-state index in [1.54, 1.807) is 57.2 Å². The smallest absolute Gasteiger partial charge is 0.262 e. The molecule has 2 amide bonds. The van der Waals surface area contributed by atoms with E-state index in [1.165, 1.54) is 6.21 Å². The summed E-state index contributed by atoms with van der Waals surface area (Å²) in [5, 5.41) is 16.3. The van der Waals surface area contributed by atoms with Gasteiger partial charge in [0.25, 0.3) is 11.8 Å². The molecular weight excluding hydrogens is 398 g/mol. The summed E-state index contributed by atoms with van der Waals surface area (Å²) in [5.41, 5.74) is 5.06. The number of carbonyl (C=O) groups excluding carboxylic acids is 2. The van der Waals surface area contributed by atoms with Crippen molar-refractivity contribution in [3.63, 3.8) is 0 Å². The van der Waals surface area contributed by atoms with Crippen molar-refractivity contribution in [1.82, 2.24) is 10.7 Å². The van der Waals surface area contributed by atoms with Crippen LogP contribution in [0.5, 0.6) is 5.75 Å². The number of rotatable bonds is 5. The number of amides is 2. The van der Waals surface area contributed by atoms with Crippen molar-refractivity contribution in [2.75, 3.05) is 0 Å². The van der Waals surface area contributed by atoms with Gasteiger partial charge in [-0.2, -0.15) is 5.10 Å². The van der Waals surface area contributed by atoms with Gasteiger partial charge < -0.3 is 10.4 Å². The lowest BCUT2D eigenvalue weighted by atomic mass is 10.1. The van der Waals surface area contributed by atoms with E-state index in [-0.39, 0.29) is 11.7 Å². The predicted octanol–water partition coefficient (Wildman–Crippen LogP) is 3.04. The lowest BCUT2D eigenvalue weighted by Crippen LogP contribution is -2.43. The number of phenolic OH excluding ortho intramolecular Hbond substituents is 1. The average molecular weight is 418 g/mol. The first-order valence-electron chi connectivity index (χ1n) is 7.98. The molecule has 7 heteroatoms. The van der Waals surface area contributed by atoms with E-state index in [4.69, 9.17) is 0 Å². The summed E-state index contributed by atoms with van der Waals surface area (Å²) in [7, 11) is 0. The van der Waals surface area contributed by atoms with Gasteiger partial charge in [-0.15, -0.1) is 0 Å². The van der Waals surface area contributed by atoms with Gasteiger partial charge in [-0.25, -0.2) is 5.43 Å². The van der Waals surface area contributed by atoms with E-state index >= 15 is 0 Å². The number of nitrogens with one attached hydrogen (secondary N) is 2. The number of hydrogen-bond donors (Lipinski definition) is 3. The maximum atomic E-state index is 12.2. The maximum absolute atomic E-state index is 12.2. The van der Waals surface area contributed by atoms with E-state index in [0.29, 0.717) is 10.0 Å². The Bertz CT molecular complexity index is 842. The topological polar surface area (TPSA) is 90.8 Å². The fourth-order valence-corrected chi connectivity index (χ4v) is 2.78. The van der Waals surface area contributed by atoms with Gasteiger partial charge in [0.15, 0.2) is 0 Å². The summed E-state index contributed by atoms with van der Waals surface area (Å²) in [6, 6.07) is 9.74. The van der Waals surface area contributed by atoms with Gasteiger partial charge in [-0.3, -0.25) is 9.59 Å². The average Bonchev–Trinajstić information content (AvgIpc) is 2.59. The fourth-order valence-electron chi connectivity index (χ4n) is 2.32. The first-order chi connectivity index (χ1) is 12.3. The van der Waals surface area contributed by atoms with Crippen LogP contribution in [0.15, 0.2) is 46.0 Å². The zero-order chi connectivity index (χ0) is 19.3. The summed E-state index contributed by atoms with van der Waals surface area (Å²) in [6.45, 7) is 5.16. The molecule has 26 heavy (non-hydrogen) atoms. The number of phenols is 1. The van der Waals surface area contributed by atoms with E-state index in [0.717, 1.165) is 16.7 Å². The van der Waals surface area contributed by atoms with Crippen LogP contribution in [0, 0.1) is 13.8 Å². The van der Waals surface area contributed by atoms with Crippen molar-refractivity contribution in [1.29, 1.82) is 0 Å². The van der Waals surface area contributed by atoms with Crippen molar-refractivity contribution < 1.29 is 14.7 Å².